The molecule has 0 aliphatic carbocycles. The Bertz CT molecular complexity index is 309. The number of rotatable bonds is 8. The van der Waals surface area contributed by atoms with Crippen LogP contribution in [0.4, 0.5) is 0 Å². The normalized spacial score (nSPS) is 13.2. The first-order valence-electron chi connectivity index (χ1n) is 6.44. The van der Waals surface area contributed by atoms with Crippen molar-refractivity contribution in [1.29, 1.82) is 0 Å². The maximum Gasteiger partial charge on any atom is 0.105 e. The average molecular weight is 239 g/mol. The van der Waals surface area contributed by atoms with E-state index >= 15 is 0 Å². The van der Waals surface area contributed by atoms with Gasteiger partial charge >= 0.3 is 0 Å². The molecule has 4 heteroatoms. The van der Waals surface area contributed by atoms with Crippen molar-refractivity contribution in [3.05, 3.63) is 18.2 Å². The molecular weight excluding hydrogens is 214 g/mol. The molecule has 0 bridgehead atoms. The molecule has 1 heterocycles. The maximum atomic E-state index is 5.49. The second-order valence-corrected chi connectivity index (χ2v) is 4.63. The molecule has 0 amide bonds. The highest BCUT2D eigenvalue weighted by Gasteiger charge is 2.12. The van der Waals surface area contributed by atoms with E-state index in [2.05, 4.69) is 28.7 Å². The van der Waals surface area contributed by atoms with Gasteiger partial charge in [-0.2, -0.15) is 0 Å². The molecule has 98 valence electrons. The van der Waals surface area contributed by atoms with Gasteiger partial charge in [-0.05, 0) is 19.8 Å². The van der Waals surface area contributed by atoms with E-state index in [9.17, 15) is 0 Å². The third kappa shape index (κ3) is 4.88. The Kier molecular flexibility index (Phi) is 6.22. The Hall–Kier alpha value is -0.870. The Morgan fingerprint density at radius 2 is 2.24 bits per heavy atom. The maximum absolute atomic E-state index is 5.49. The molecule has 0 spiro atoms. The highest BCUT2D eigenvalue weighted by molar-refractivity contribution is 4.88. The van der Waals surface area contributed by atoms with E-state index in [1.54, 1.807) is 0 Å². The van der Waals surface area contributed by atoms with E-state index < -0.39 is 0 Å². The van der Waals surface area contributed by atoms with Gasteiger partial charge in [0, 0.05) is 38.1 Å². The summed E-state index contributed by atoms with van der Waals surface area (Å²) in [6, 6.07) is 0.429. The van der Waals surface area contributed by atoms with Crippen LogP contribution in [-0.2, 0) is 11.3 Å². The summed E-state index contributed by atoms with van der Waals surface area (Å²) < 4.78 is 7.64. The van der Waals surface area contributed by atoms with Crippen molar-refractivity contribution in [1.82, 2.24) is 14.9 Å². The summed E-state index contributed by atoms with van der Waals surface area (Å²) in [7, 11) is 0. The van der Waals surface area contributed by atoms with Crippen LogP contribution in [0, 0.1) is 12.8 Å². The number of ether oxygens (including phenoxy) is 1. The van der Waals surface area contributed by atoms with Crippen molar-refractivity contribution >= 4 is 0 Å². The van der Waals surface area contributed by atoms with Crippen LogP contribution in [-0.4, -0.2) is 35.4 Å². The lowest BCUT2D eigenvalue weighted by Crippen LogP contribution is -2.39. The predicted molar refractivity (Wildman–Crippen MR) is 70.1 cm³/mol. The molecule has 0 aromatic carbocycles. The van der Waals surface area contributed by atoms with Gasteiger partial charge in [-0.25, -0.2) is 4.98 Å². The Morgan fingerprint density at radius 1 is 1.47 bits per heavy atom. The van der Waals surface area contributed by atoms with Crippen molar-refractivity contribution in [2.75, 3.05) is 19.8 Å². The number of hydrogen-bond acceptors (Lipinski definition) is 3. The van der Waals surface area contributed by atoms with Crippen molar-refractivity contribution in [2.24, 2.45) is 5.92 Å². The summed E-state index contributed by atoms with van der Waals surface area (Å²) in [5.74, 6) is 1.66. The van der Waals surface area contributed by atoms with Gasteiger partial charge in [0.15, 0.2) is 0 Å². The van der Waals surface area contributed by atoms with Gasteiger partial charge in [-0.3, -0.25) is 0 Å². The van der Waals surface area contributed by atoms with Crippen LogP contribution in [0.25, 0.3) is 0 Å². The number of nitrogens with one attached hydrogen (secondary N) is 1. The summed E-state index contributed by atoms with van der Waals surface area (Å²) in [5, 5.41) is 3.55. The minimum absolute atomic E-state index is 0.429. The van der Waals surface area contributed by atoms with Gasteiger partial charge in [-0.1, -0.05) is 13.8 Å². The fourth-order valence-electron chi connectivity index (χ4n) is 1.74. The van der Waals surface area contributed by atoms with E-state index in [0.29, 0.717) is 12.0 Å². The summed E-state index contributed by atoms with van der Waals surface area (Å²) in [6.07, 6.45) is 3.86. The molecular formula is C13H25N3O. The second kappa shape index (κ2) is 7.45. The molecule has 4 nitrogen and oxygen atoms in total. The standard InChI is InChI=1S/C13H25N3O/c1-5-17-10-13(11(2)3)15-7-9-16-8-6-14-12(16)4/h6,8,11,13,15H,5,7,9-10H2,1-4H3. The average Bonchev–Trinajstić information content (AvgIpc) is 2.69. The molecule has 0 saturated heterocycles. The van der Waals surface area contributed by atoms with Crippen LogP contribution in [0.15, 0.2) is 12.4 Å². The fourth-order valence-corrected chi connectivity index (χ4v) is 1.74. The van der Waals surface area contributed by atoms with E-state index in [1.165, 1.54) is 0 Å². The molecule has 0 fully saturated rings. The molecule has 1 rings (SSSR count). The lowest BCUT2D eigenvalue weighted by atomic mass is 10.1. The van der Waals surface area contributed by atoms with Crippen LogP contribution in [0.2, 0.25) is 0 Å². The minimum atomic E-state index is 0.429. The summed E-state index contributed by atoms with van der Waals surface area (Å²) in [5.41, 5.74) is 0. The zero-order valence-corrected chi connectivity index (χ0v) is 11.4. The lowest BCUT2D eigenvalue weighted by molar-refractivity contribution is 0.108. The molecule has 1 unspecified atom stereocenters. The smallest absolute Gasteiger partial charge is 0.105 e. The van der Waals surface area contributed by atoms with Crippen LogP contribution in [0.5, 0.6) is 0 Å². The van der Waals surface area contributed by atoms with Gasteiger partial charge in [0.25, 0.3) is 0 Å². The zero-order valence-electron chi connectivity index (χ0n) is 11.4. The van der Waals surface area contributed by atoms with E-state index in [4.69, 9.17) is 4.74 Å². The van der Waals surface area contributed by atoms with Gasteiger partial charge in [0.2, 0.25) is 0 Å². The van der Waals surface area contributed by atoms with Gasteiger partial charge in [0.1, 0.15) is 5.82 Å². The lowest BCUT2D eigenvalue weighted by Gasteiger charge is -2.22. The van der Waals surface area contributed by atoms with E-state index in [1.807, 2.05) is 26.2 Å². The SMILES string of the molecule is CCOCC(NCCn1ccnc1C)C(C)C. The van der Waals surface area contributed by atoms with Crippen molar-refractivity contribution in [3.63, 3.8) is 0 Å². The van der Waals surface area contributed by atoms with Crippen LogP contribution in [0.1, 0.15) is 26.6 Å². The molecule has 0 saturated carbocycles. The zero-order chi connectivity index (χ0) is 12.7. The Labute approximate surface area is 104 Å². The molecule has 0 aliphatic heterocycles. The number of aryl methyl sites for hydroxylation is 1. The topological polar surface area (TPSA) is 39.1 Å². The van der Waals surface area contributed by atoms with Crippen molar-refractivity contribution in [3.8, 4) is 0 Å². The monoisotopic (exact) mass is 239 g/mol. The highest BCUT2D eigenvalue weighted by Crippen LogP contribution is 2.02. The third-order valence-corrected chi connectivity index (χ3v) is 2.99. The van der Waals surface area contributed by atoms with Gasteiger partial charge in [-0.15, -0.1) is 0 Å². The van der Waals surface area contributed by atoms with Crippen LogP contribution < -0.4 is 5.32 Å². The number of imidazole rings is 1. The number of hydrogen-bond donors (Lipinski definition) is 1. The first kappa shape index (κ1) is 14.2. The van der Waals surface area contributed by atoms with Crippen molar-refractivity contribution < 1.29 is 4.74 Å². The highest BCUT2D eigenvalue weighted by atomic mass is 16.5. The van der Waals surface area contributed by atoms with Gasteiger partial charge < -0.3 is 14.6 Å². The molecule has 0 radical (unpaired) electrons. The first-order chi connectivity index (χ1) is 8.15. The predicted octanol–water partition coefficient (Wildman–Crippen LogP) is 1.84. The molecule has 1 N–H and O–H groups in total. The molecule has 17 heavy (non-hydrogen) atoms. The quantitative estimate of drug-likeness (QED) is 0.752. The third-order valence-electron chi connectivity index (χ3n) is 2.99. The number of nitrogens with zero attached hydrogens (tertiary/aromatic N) is 2. The molecule has 1 aromatic heterocycles. The summed E-state index contributed by atoms with van der Waals surface area (Å²) in [4.78, 5) is 4.21. The van der Waals surface area contributed by atoms with Gasteiger partial charge in [0.05, 0.1) is 6.61 Å². The van der Waals surface area contributed by atoms with Crippen LogP contribution >= 0.6 is 0 Å². The first-order valence-corrected chi connectivity index (χ1v) is 6.44. The van der Waals surface area contributed by atoms with E-state index in [-0.39, 0.29) is 0 Å². The second-order valence-electron chi connectivity index (χ2n) is 4.63. The summed E-state index contributed by atoms with van der Waals surface area (Å²) >= 11 is 0. The number of aromatic nitrogens is 2. The van der Waals surface area contributed by atoms with Crippen LogP contribution in [0.3, 0.4) is 0 Å². The minimum Gasteiger partial charge on any atom is -0.380 e. The molecule has 1 aromatic rings. The Balaban J connectivity index is 2.29. The summed E-state index contributed by atoms with van der Waals surface area (Å²) in [6.45, 7) is 12.0. The fraction of sp³-hybridized carbons (Fsp3) is 0.769. The Morgan fingerprint density at radius 3 is 2.76 bits per heavy atom. The van der Waals surface area contributed by atoms with E-state index in [0.717, 1.165) is 32.1 Å². The largest absolute Gasteiger partial charge is 0.380 e. The van der Waals surface area contributed by atoms with Crippen molar-refractivity contribution in [2.45, 2.75) is 40.3 Å². The molecule has 0 aliphatic rings. The molecule has 1 atom stereocenters.